The number of carbonyl (C=O) groups is 1. The molecule has 0 saturated carbocycles. The fourth-order valence-corrected chi connectivity index (χ4v) is 3.15. The second-order valence-electron chi connectivity index (χ2n) is 7.89. The number of rotatable bonds is 2. The summed E-state index contributed by atoms with van der Waals surface area (Å²) in [5.74, 6) is -0.165. The second-order valence-corrected chi connectivity index (χ2v) is 7.89. The Morgan fingerprint density at radius 2 is 1.81 bits per heavy atom. The smallest absolute Gasteiger partial charge is 0.365 e. The molecule has 0 amide bonds. The van der Waals surface area contributed by atoms with Crippen molar-refractivity contribution < 1.29 is 14.7 Å². The topological polar surface area (TPSA) is 58.9 Å². The van der Waals surface area contributed by atoms with E-state index in [1.165, 1.54) is 0 Å². The van der Waals surface area contributed by atoms with Gasteiger partial charge in [-0.1, -0.05) is 38.1 Å². The minimum absolute atomic E-state index is 0.0396. The van der Waals surface area contributed by atoms with E-state index in [-0.39, 0.29) is 5.41 Å². The summed E-state index contributed by atoms with van der Waals surface area (Å²) in [6, 6.07) is 11.2. The van der Waals surface area contributed by atoms with E-state index >= 15 is 0 Å². The van der Waals surface area contributed by atoms with Crippen molar-refractivity contribution >= 4 is 11.7 Å². The average molecular weight is 351 g/mol. The lowest BCUT2D eigenvalue weighted by atomic mass is 9.87. The van der Waals surface area contributed by atoms with E-state index in [2.05, 4.69) is 25.9 Å². The van der Waals surface area contributed by atoms with Crippen molar-refractivity contribution in [1.82, 2.24) is 0 Å². The standard InChI is InChI=1S/C22H25NO3/c1-14-12-18-16(13-20(14)24)6-5-7-19(18)23-26-21(25)15-8-10-17(11-9-15)22(2,3)4/h8-13,24H,5-7H2,1-4H3. The lowest BCUT2D eigenvalue weighted by Crippen LogP contribution is -2.14. The molecule has 1 N–H and O–H groups in total. The lowest BCUT2D eigenvalue weighted by Gasteiger charge is -2.19. The Labute approximate surface area is 154 Å². The van der Waals surface area contributed by atoms with Gasteiger partial charge in [0.15, 0.2) is 0 Å². The number of phenols is 1. The van der Waals surface area contributed by atoms with Crippen molar-refractivity contribution in [1.29, 1.82) is 0 Å². The van der Waals surface area contributed by atoms with Crippen LogP contribution in [0.2, 0.25) is 0 Å². The summed E-state index contributed by atoms with van der Waals surface area (Å²) in [4.78, 5) is 17.5. The van der Waals surface area contributed by atoms with Gasteiger partial charge in [0.1, 0.15) is 5.75 Å². The summed E-state index contributed by atoms with van der Waals surface area (Å²) < 4.78 is 0. The number of aryl methyl sites for hydroxylation is 2. The quantitative estimate of drug-likeness (QED) is 0.619. The van der Waals surface area contributed by atoms with E-state index in [0.29, 0.717) is 11.3 Å². The molecule has 0 unspecified atom stereocenters. The van der Waals surface area contributed by atoms with Gasteiger partial charge in [0.05, 0.1) is 11.3 Å². The maximum atomic E-state index is 12.3. The number of benzene rings is 2. The molecule has 1 aliphatic rings. The van der Waals surface area contributed by atoms with Crippen LogP contribution in [-0.4, -0.2) is 16.8 Å². The number of aromatic hydroxyl groups is 1. The molecular formula is C22H25NO3. The molecule has 4 heteroatoms. The molecule has 26 heavy (non-hydrogen) atoms. The third kappa shape index (κ3) is 3.79. The number of hydrogen-bond donors (Lipinski definition) is 1. The molecule has 1 aliphatic carbocycles. The molecule has 4 nitrogen and oxygen atoms in total. The molecule has 0 radical (unpaired) electrons. The van der Waals surface area contributed by atoms with E-state index in [1.54, 1.807) is 18.2 Å². The molecule has 0 atom stereocenters. The highest BCUT2D eigenvalue weighted by molar-refractivity contribution is 6.03. The monoisotopic (exact) mass is 351 g/mol. The van der Waals surface area contributed by atoms with Crippen LogP contribution in [0.15, 0.2) is 41.6 Å². The van der Waals surface area contributed by atoms with Crippen LogP contribution in [0.3, 0.4) is 0 Å². The van der Waals surface area contributed by atoms with Crippen LogP contribution in [0.1, 0.15) is 66.2 Å². The fraction of sp³-hybridized carbons (Fsp3) is 0.364. The van der Waals surface area contributed by atoms with Crippen LogP contribution < -0.4 is 0 Å². The van der Waals surface area contributed by atoms with E-state index in [1.807, 2.05) is 25.1 Å². The van der Waals surface area contributed by atoms with E-state index in [9.17, 15) is 9.90 Å². The normalized spacial score (nSPS) is 15.6. The third-order valence-electron chi connectivity index (χ3n) is 4.82. The molecule has 0 aromatic heterocycles. The summed E-state index contributed by atoms with van der Waals surface area (Å²) >= 11 is 0. The lowest BCUT2D eigenvalue weighted by molar-refractivity contribution is 0.0515. The third-order valence-corrected chi connectivity index (χ3v) is 4.82. The number of fused-ring (bicyclic) bond motifs is 1. The van der Waals surface area contributed by atoms with E-state index < -0.39 is 5.97 Å². The van der Waals surface area contributed by atoms with Gasteiger partial charge in [-0.25, -0.2) is 4.79 Å². The van der Waals surface area contributed by atoms with Gasteiger partial charge in [0, 0.05) is 5.56 Å². The van der Waals surface area contributed by atoms with Crippen LogP contribution in [0.25, 0.3) is 0 Å². The summed E-state index contributed by atoms with van der Waals surface area (Å²) in [5.41, 5.74) is 5.25. The van der Waals surface area contributed by atoms with Gasteiger partial charge in [-0.3, -0.25) is 0 Å². The molecule has 0 bridgehead atoms. The summed E-state index contributed by atoms with van der Waals surface area (Å²) in [5, 5.41) is 14.0. The van der Waals surface area contributed by atoms with Gasteiger partial charge in [-0.2, -0.15) is 0 Å². The predicted octanol–water partition coefficient (Wildman–Crippen LogP) is 4.90. The Bertz CT molecular complexity index is 858. The van der Waals surface area contributed by atoms with E-state index in [4.69, 9.17) is 4.84 Å². The summed E-state index contributed by atoms with van der Waals surface area (Å²) in [7, 11) is 0. The van der Waals surface area contributed by atoms with Gasteiger partial charge in [-0.15, -0.1) is 0 Å². The molecule has 2 aromatic rings. The van der Waals surface area contributed by atoms with Gasteiger partial charge < -0.3 is 9.94 Å². The van der Waals surface area contributed by atoms with Gasteiger partial charge in [-0.05, 0) is 72.6 Å². The van der Waals surface area contributed by atoms with Gasteiger partial charge in [0.25, 0.3) is 0 Å². The average Bonchev–Trinajstić information content (AvgIpc) is 2.60. The molecule has 3 rings (SSSR count). The van der Waals surface area contributed by atoms with Crippen LogP contribution in [0.4, 0.5) is 0 Å². The number of carbonyl (C=O) groups excluding carboxylic acids is 1. The molecule has 0 heterocycles. The van der Waals surface area contributed by atoms with Crippen LogP contribution in [0, 0.1) is 6.92 Å². The van der Waals surface area contributed by atoms with Crippen molar-refractivity contribution in [3.63, 3.8) is 0 Å². The number of oxime groups is 1. The highest BCUT2D eigenvalue weighted by Gasteiger charge is 2.19. The molecular weight excluding hydrogens is 326 g/mol. The zero-order valence-corrected chi connectivity index (χ0v) is 15.8. The Balaban J connectivity index is 1.78. The number of hydrogen-bond acceptors (Lipinski definition) is 4. The number of phenolic OH excluding ortho intramolecular Hbond substituents is 1. The predicted molar refractivity (Wildman–Crippen MR) is 103 cm³/mol. The van der Waals surface area contributed by atoms with Crippen LogP contribution >= 0.6 is 0 Å². The van der Waals surface area contributed by atoms with Gasteiger partial charge >= 0.3 is 5.97 Å². The Morgan fingerprint density at radius 1 is 1.12 bits per heavy atom. The zero-order valence-electron chi connectivity index (χ0n) is 15.8. The maximum absolute atomic E-state index is 12.3. The Morgan fingerprint density at radius 3 is 2.46 bits per heavy atom. The van der Waals surface area contributed by atoms with Crippen molar-refractivity contribution in [3.05, 3.63) is 64.2 Å². The molecule has 2 aromatic carbocycles. The number of nitrogens with zero attached hydrogens (tertiary/aromatic N) is 1. The summed E-state index contributed by atoms with van der Waals surface area (Å²) in [6.07, 6.45) is 2.57. The SMILES string of the molecule is Cc1cc2c(cc1O)CCCC2=NOC(=O)c1ccc(C(C)(C)C)cc1. The highest BCUT2D eigenvalue weighted by Crippen LogP contribution is 2.28. The Hall–Kier alpha value is -2.62. The van der Waals surface area contributed by atoms with Crippen molar-refractivity contribution in [3.8, 4) is 5.75 Å². The van der Waals surface area contributed by atoms with E-state index in [0.717, 1.165) is 47.2 Å². The first-order chi connectivity index (χ1) is 12.3. The summed E-state index contributed by atoms with van der Waals surface area (Å²) in [6.45, 7) is 8.25. The van der Waals surface area contributed by atoms with Crippen LogP contribution in [0.5, 0.6) is 5.75 Å². The molecule has 136 valence electrons. The molecule has 0 saturated heterocycles. The zero-order chi connectivity index (χ0) is 18.9. The first-order valence-corrected chi connectivity index (χ1v) is 8.97. The van der Waals surface area contributed by atoms with Crippen molar-refractivity contribution in [2.75, 3.05) is 0 Å². The first-order valence-electron chi connectivity index (χ1n) is 8.97. The Kier molecular flexibility index (Phi) is 4.86. The minimum atomic E-state index is -0.458. The molecule has 0 fully saturated rings. The minimum Gasteiger partial charge on any atom is -0.508 e. The fourth-order valence-electron chi connectivity index (χ4n) is 3.15. The van der Waals surface area contributed by atoms with Gasteiger partial charge in [0.2, 0.25) is 0 Å². The first kappa shape index (κ1) is 18.2. The maximum Gasteiger partial charge on any atom is 0.365 e. The molecule has 0 spiro atoms. The van der Waals surface area contributed by atoms with Crippen molar-refractivity contribution in [2.45, 2.75) is 52.4 Å². The largest absolute Gasteiger partial charge is 0.508 e. The van der Waals surface area contributed by atoms with Crippen LogP contribution in [-0.2, 0) is 16.7 Å². The second kappa shape index (κ2) is 6.94. The highest BCUT2D eigenvalue weighted by atomic mass is 16.7. The molecule has 0 aliphatic heterocycles. The van der Waals surface area contributed by atoms with Crippen molar-refractivity contribution in [2.24, 2.45) is 5.16 Å².